The van der Waals surface area contributed by atoms with E-state index in [0.717, 1.165) is 5.56 Å². The zero-order chi connectivity index (χ0) is 18.6. The molecule has 1 N–H and O–H groups in total. The van der Waals surface area contributed by atoms with Crippen molar-refractivity contribution in [2.24, 2.45) is 5.92 Å². The van der Waals surface area contributed by atoms with Crippen molar-refractivity contribution in [1.29, 1.82) is 5.41 Å². The lowest BCUT2D eigenvalue weighted by Crippen LogP contribution is -2.16. The molecular weight excluding hydrogens is 310 g/mol. The van der Waals surface area contributed by atoms with Gasteiger partial charge < -0.3 is 10.1 Å². The smallest absolute Gasteiger partial charge is 0.343 e. The first-order valence-corrected chi connectivity index (χ1v) is 8.68. The molecule has 3 heteroatoms. The first-order valence-electron chi connectivity index (χ1n) is 8.68. The Bertz CT molecular complexity index is 755. The van der Waals surface area contributed by atoms with Crippen LogP contribution in [0.2, 0.25) is 0 Å². The van der Waals surface area contributed by atoms with E-state index in [0.29, 0.717) is 34.9 Å². The quantitative estimate of drug-likeness (QED) is 0.437. The first kappa shape index (κ1) is 18.9. The van der Waals surface area contributed by atoms with Crippen LogP contribution in [0.25, 0.3) is 0 Å². The lowest BCUT2D eigenvalue weighted by molar-refractivity contribution is 0.0734. The summed E-state index contributed by atoms with van der Waals surface area (Å²) < 4.78 is 5.62. The van der Waals surface area contributed by atoms with Gasteiger partial charge in [0, 0.05) is 11.3 Å². The van der Waals surface area contributed by atoms with Gasteiger partial charge in [0.2, 0.25) is 0 Å². The van der Waals surface area contributed by atoms with Crippen LogP contribution in [0.4, 0.5) is 0 Å². The molecule has 3 nitrogen and oxygen atoms in total. The predicted octanol–water partition coefficient (Wildman–Crippen LogP) is 5.62. The van der Waals surface area contributed by atoms with Gasteiger partial charge in [-0.25, -0.2) is 4.79 Å². The Labute approximate surface area is 150 Å². The maximum absolute atomic E-state index is 12.4. The summed E-state index contributed by atoms with van der Waals surface area (Å²) in [5.41, 5.74) is 2.79. The Kier molecular flexibility index (Phi) is 5.78. The highest BCUT2D eigenvalue weighted by Gasteiger charge is 2.20. The summed E-state index contributed by atoms with van der Waals surface area (Å²) >= 11 is 0. The van der Waals surface area contributed by atoms with Crippen LogP contribution >= 0.6 is 0 Å². The molecule has 0 aliphatic carbocycles. The van der Waals surface area contributed by atoms with Crippen LogP contribution in [0.3, 0.4) is 0 Å². The third kappa shape index (κ3) is 5.02. The van der Waals surface area contributed by atoms with Crippen molar-refractivity contribution in [3.63, 3.8) is 0 Å². The molecule has 0 saturated carbocycles. The molecule has 2 rings (SSSR count). The molecule has 2 aromatic carbocycles. The SMILES string of the molecule is CC(C)CC(=N)c1cc(C(C)(C)C)ccc1OC(=O)c1ccccc1. The third-order valence-corrected chi connectivity index (χ3v) is 4.00. The Balaban J connectivity index is 2.39. The topological polar surface area (TPSA) is 50.1 Å². The number of esters is 1. The maximum atomic E-state index is 12.4. The lowest BCUT2D eigenvalue weighted by atomic mass is 9.85. The van der Waals surface area contributed by atoms with Gasteiger partial charge in [-0.05, 0) is 47.6 Å². The van der Waals surface area contributed by atoms with Gasteiger partial charge in [-0.3, -0.25) is 0 Å². The molecule has 0 heterocycles. The number of carbonyl (C=O) groups excluding carboxylic acids is 1. The van der Waals surface area contributed by atoms with Crippen molar-refractivity contribution >= 4 is 11.7 Å². The number of nitrogens with one attached hydrogen (secondary N) is 1. The van der Waals surface area contributed by atoms with Gasteiger partial charge in [-0.15, -0.1) is 0 Å². The average molecular weight is 337 g/mol. The van der Waals surface area contributed by atoms with Crippen molar-refractivity contribution in [2.75, 3.05) is 0 Å². The molecular formula is C22H27NO2. The van der Waals surface area contributed by atoms with E-state index >= 15 is 0 Å². The number of hydrogen-bond donors (Lipinski definition) is 1. The zero-order valence-corrected chi connectivity index (χ0v) is 15.7. The fraction of sp³-hybridized carbons (Fsp3) is 0.364. The molecule has 0 aromatic heterocycles. The number of carbonyl (C=O) groups is 1. The summed E-state index contributed by atoms with van der Waals surface area (Å²) in [5.74, 6) is 0.415. The zero-order valence-electron chi connectivity index (χ0n) is 15.7. The van der Waals surface area contributed by atoms with Crippen molar-refractivity contribution in [1.82, 2.24) is 0 Å². The molecule has 0 aliphatic rings. The second-order valence-electron chi connectivity index (χ2n) is 7.79. The van der Waals surface area contributed by atoms with E-state index < -0.39 is 5.97 Å². The summed E-state index contributed by atoms with van der Waals surface area (Å²) in [5, 5.41) is 8.46. The third-order valence-electron chi connectivity index (χ3n) is 4.00. The maximum Gasteiger partial charge on any atom is 0.343 e. The van der Waals surface area contributed by atoms with Gasteiger partial charge in [0.15, 0.2) is 0 Å². The number of ether oxygens (including phenoxy) is 1. The minimum absolute atomic E-state index is 0.0329. The van der Waals surface area contributed by atoms with Crippen molar-refractivity contribution in [2.45, 2.75) is 46.5 Å². The minimum atomic E-state index is -0.400. The second-order valence-corrected chi connectivity index (χ2v) is 7.79. The van der Waals surface area contributed by atoms with Crippen molar-refractivity contribution in [3.05, 3.63) is 65.2 Å². The normalized spacial score (nSPS) is 11.4. The Morgan fingerprint density at radius 2 is 1.72 bits per heavy atom. The lowest BCUT2D eigenvalue weighted by Gasteiger charge is -2.22. The Hall–Kier alpha value is -2.42. The van der Waals surface area contributed by atoms with Gasteiger partial charge in [0.05, 0.1) is 5.56 Å². The van der Waals surface area contributed by atoms with Crippen molar-refractivity contribution < 1.29 is 9.53 Å². The molecule has 0 amide bonds. The molecule has 0 bridgehead atoms. The highest BCUT2D eigenvalue weighted by Crippen LogP contribution is 2.30. The summed E-state index contributed by atoms with van der Waals surface area (Å²) in [7, 11) is 0. The Morgan fingerprint density at radius 1 is 1.08 bits per heavy atom. The largest absolute Gasteiger partial charge is 0.422 e. The van der Waals surface area contributed by atoms with Gasteiger partial charge in [-0.1, -0.05) is 58.9 Å². The molecule has 0 atom stereocenters. The fourth-order valence-corrected chi connectivity index (χ4v) is 2.57. The number of rotatable bonds is 5. The van der Waals surface area contributed by atoms with E-state index in [4.69, 9.17) is 10.1 Å². The van der Waals surface area contributed by atoms with Crippen molar-refractivity contribution in [3.8, 4) is 5.75 Å². The van der Waals surface area contributed by atoms with Crippen LogP contribution < -0.4 is 4.74 Å². The molecule has 0 unspecified atom stereocenters. The molecule has 2 aromatic rings. The summed E-state index contributed by atoms with van der Waals surface area (Å²) in [6.07, 6.45) is 0.642. The summed E-state index contributed by atoms with van der Waals surface area (Å²) in [6, 6.07) is 14.7. The van der Waals surface area contributed by atoms with E-state index in [1.165, 1.54) is 0 Å². The van der Waals surface area contributed by atoms with Gasteiger partial charge in [0.25, 0.3) is 0 Å². The fourth-order valence-electron chi connectivity index (χ4n) is 2.57. The molecule has 132 valence electrons. The van der Waals surface area contributed by atoms with Gasteiger partial charge in [-0.2, -0.15) is 0 Å². The number of hydrogen-bond acceptors (Lipinski definition) is 3. The Morgan fingerprint density at radius 3 is 2.28 bits per heavy atom. The van der Waals surface area contributed by atoms with E-state index in [-0.39, 0.29) is 5.41 Å². The highest BCUT2D eigenvalue weighted by atomic mass is 16.5. The van der Waals surface area contributed by atoms with Crippen LogP contribution in [-0.4, -0.2) is 11.7 Å². The molecule has 25 heavy (non-hydrogen) atoms. The number of benzene rings is 2. The summed E-state index contributed by atoms with van der Waals surface area (Å²) in [4.78, 5) is 12.4. The van der Waals surface area contributed by atoms with E-state index in [9.17, 15) is 4.79 Å². The minimum Gasteiger partial charge on any atom is -0.422 e. The van der Waals surface area contributed by atoms with E-state index in [1.807, 2.05) is 24.3 Å². The monoisotopic (exact) mass is 337 g/mol. The van der Waals surface area contributed by atoms with Crippen LogP contribution in [0.15, 0.2) is 48.5 Å². The molecule has 0 spiro atoms. The average Bonchev–Trinajstić information content (AvgIpc) is 2.54. The van der Waals surface area contributed by atoms with Gasteiger partial charge in [0.1, 0.15) is 5.75 Å². The molecule has 0 fully saturated rings. The van der Waals surface area contributed by atoms with E-state index in [1.54, 1.807) is 24.3 Å². The highest BCUT2D eigenvalue weighted by molar-refractivity contribution is 6.02. The van der Waals surface area contributed by atoms with E-state index in [2.05, 4.69) is 34.6 Å². The summed E-state index contributed by atoms with van der Waals surface area (Å²) in [6.45, 7) is 10.6. The second kappa shape index (κ2) is 7.64. The van der Waals surface area contributed by atoms with Crippen LogP contribution in [-0.2, 0) is 5.41 Å². The standard InChI is InChI=1S/C22H27NO2/c1-15(2)13-19(23)18-14-17(22(3,4)5)11-12-20(18)25-21(24)16-9-7-6-8-10-16/h6-12,14-15,23H,13H2,1-5H3. The first-order chi connectivity index (χ1) is 11.7. The predicted molar refractivity (Wildman–Crippen MR) is 103 cm³/mol. The van der Waals surface area contributed by atoms with Crippen LogP contribution in [0, 0.1) is 11.3 Å². The molecule has 0 aliphatic heterocycles. The molecule has 0 radical (unpaired) electrons. The van der Waals surface area contributed by atoms with Gasteiger partial charge >= 0.3 is 5.97 Å². The van der Waals surface area contributed by atoms with Crippen LogP contribution in [0.1, 0.15) is 62.5 Å². The van der Waals surface area contributed by atoms with Crippen LogP contribution in [0.5, 0.6) is 5.75 Å². The molecule has 0 saturated heterocycles.